The van der Waals surface area contributed by atoms with Gasteiger partial charge in [-0.3, -0.25) is 9.69 Å². The third-order valence-corrected chi connectivity index (χ3v) is 6.91. The first-order valence-electron chi connectivity index (χ1n) is 10.9. The number of halogens is 1. The number of nitrogens with one attached hydrogen (secondary N) is 1. The highest BCUT2D eigenvalue weighted by Gasteiger charge is 2.32. The number of carbonyl (C=O) groups is 1. The van der Waals surface area contributed by atoms with E-state index in [1.165, 1.54) is 11.3 Å². The van der Waals surface area contributed by atoms with Crippen LogP contribution in [0.1, 0.15) is 17.2 Å². The van der Waals surface area contributed by atoms with Gasteiger partial charge >= 0.3 is 0 Å². The van der Waals surface area contributed by atoms with Crippen LogP contribution in [0.25, 0.3) is 15.9 Å². The van der Waals surface area contributed by atoms with Crippen LogP contribution in [0.15, 0.2) is 84.9 Å². The van der Waals surface area contributed by atoms with Crippen LogP contribution in [-0.4, -0.2) is 37.6 Å². The summed E-state index contributed by atoms with van der Waals surface area (Å²) >= 11 is 7.55. The number of fused-ring (bicyclic) bond motifs is 2. The van der Waals surface area contributed by atoms with Crippen LogP contribution in [-0.2, 0) is 4.79 Å². The van der Waals surface area contributed by atoms with Gasteiger partial charge in [-0.15, -0.1) is 0 Å². The van der Waals surface area contributed by atoms with Crippen molar-refractivity contribution in [1.29, 1.82) is 0 Å². The van der Waals surface area contributed by atoms with Crippen molar-refractivity contribution in [3.63, 3.8) is 0 Å². The highest BCUT2D eigenvalue weighted by Crippen LogP contribution is 2.36. The third kappa shape index (κ3) is 4.16. The number of anilines is 2. The van der Waals surface area contributed by atoms with E-state index in [9.17, 15) is 4.79 Å². The Labute approximate surface area is 209 Å². The van der Waals surface area contributed by atoms with Crippen LogP contribution in [0.4, 0.5) is 11.1 Å². The minimum atomic E-state index is -0.254. The fourth-order valence-electron chi connectivity index (χ4n) is 4.11. The molecule has 5 aromatic rings. The molecule has 0 aliphatic carbocycles. The highest BCUT2D eigenvalue weighted by atomic mass is 35.5. The largest absolute Gasteiger partial charge is 0.300 e. The molecule has 3 heterocycles. The molecule has 1 aliphatic rings. The van der Waals surface area contributed by atoms with Crippen molar-refractivity contribution >= 4 is 55.8 Å². The smallest absolute Gasteiger partial charge is 0.251 e. The Morgan fingerprint density at radius 2 is 1.77 bits per heavy atom. The maximum Gasteiger partial charge on any atom is 0.251 e. The molecule has 1 aliphatic heterocycles. The Bertz CT molecular complexity index is 1510. The van der Waals surface area contributed by atoms with E-state index in [1.54, 1.807) is 4.68 Å². The minimum Gasteiger partial charge on any atom is -0.300 e. The minimum absolute atomic E-state index is 0.0182. The molecule has 0 spiro atoms. The number of amides is 1. The lowest BCUT2D eigenvalue weighted by Crippen LogP contribution is -2.37. The second-order valence-electron chi connectivity index (χ2n) is 7.96. The Hall–Kier alpha value is -4.08. The van der Waals surface area contributed by atoms with Gasteiger partial charge in [0.05, 0.1) is 15.9 Å². The number of benzene rings is 3. The summed E-state index contributed by atoms with van der Waals surface area (Å²) in [5.41, 5.74) is 3.63. The highest BCUT2D eigenvalue weighted by molar-refractivity contribution is 7.22. The fraction of sp³-hybridized carbons (Fsp3) is 0.0800. The zero-order chi connectivity index (χ0) is 23.8. The van der Waals surface area contributed by atoms with E-state index in [4.69, 9.17) is 11.6 Å². The molecule has 172 valence electrons. The number of hydrogen-bond acceptors (Lipinski definition) is 7. The normalized spacial score (nSPS) is 15.1. The van der Waals surface area contributed by atoms with E-state index < -0.39 is 0 Å². The summed E-state index contributed by atoms with van der Waals surface area (Å²) in [4.78, 5) is 19.5. The number of tetrazole rings is 1. The van der Waals surface area contributed by atoms with Gasteiger partial charge in [-0.25, -0.2) is 4.98 Å². The Balaban J connectivity index is 1.36. The van der Waals surface area contributed by atoms with Crippen LogP contribution in [0.3, 0.4) is 0 Å². The number of allylic oxidation sites excluding steroid dienone is 1. The lowest BCUT2D eigenvalue weighted by Gasteiger charge is -2.32. The second-order valence-corrected chi connectivity index (χ2v) is 9.43. The number of aromatic nitrogens is 5. The summed E-state index contributed by atoms with van der Waals surface area (Å²) in [5, 5.41) is 16.6. The van der Waals surface area contributed by atoms with Crippen molar-refractivity contribution in [2.24, 2.45) is 0 Å². The summed E-state index contributed by atoms with van der Waals surface area (Å²) in [6.45, 7) is 0.0182. The van der Waals surface area contributed by atoms with Gasteiger partial charge in [-0.05, 0) is 51.9 Å². The molecule has 0 saturated heterocycles. The molecule has 0 radical (unpaired) electrons. The molecule has 10 heteroatoms. The van der Waals surface area contributed by atoms with Crippen LogP contribution < -0.4 is 10.2 Å². The third-order valence-electron chi connectivity index (χ3n) is 5.71. The molecular formula is C25H18ClN7OS. The maximum atomic E-state index is 13.1. The summed E-state index contributed by atoms with van der Waals surface area (Å²) in [7, 11) is 0. The molecule has 1 unspecified atom stereocenters. The monoisotopic (exact) mass is 499 g/mol. The number of carbonyl (C=O) groups excluding carboxylic acids is 1. The standard InChI is InChI=1S/C25H18ClN7OS/c26-18-12-10-17(11-13-18)21-14-20(16-6-2-1-3-7-16)32(25-29-30-31-33(21)25)15-23(34)28-24-27-19-8-4-5-9-22(19)35-24/h1-14,21H,15H2,(H,27,28,34). The summed E-state index contributed by atoms with van der Waals surface area (Å²) in [5.74, 6) is 0.260. The lowest BCUT2D eigenvalue weighted by atomic mass is 10.0. The first kappa shape index (κ1) is 21.5. The molecule has 6 rings (SSSR count). The number of nitrogens with zero attached hydrogens (tertiary/aromatic N) is 6. The van der Waals surface area contributed by atoms with Crippen LogP contribution in [0.2, 0.25) is 5.02 Å². The number of hydrogen-bond donors (Lipinski definition) is 1. The van der Waals surface area contributed by atoms with E-state index in [1.807, 2.05) is 83.8 Å². The first-order chi connectivity index (χ1) is 17.2. The van der Waals surface area contributed by atoms with Crippen molar-refractivity contribution < 1.29 is 4.79 Å². The molecule has 0 fully saturated rings. The summed E-state index contributed by atoms with van der Waals surface area (Å²) in [6, 6.07) is 25.0. The van der Waals surface area contributed by atoms with E-state index in [0.717, 1.165) is 27.0 Å². The van der Waals surface area contributed by atoms with Crippen molar-refractivity contribution in [3.8, 4) is 0 Å². The lowest BCUT2D eigenvalue weighted by molar-refractivity contribution is -0.114. The van der Waals surface area contributed by atoms with Crippen molar-refractivity contribution in [2.45, 2.75) is 6.04 Å². The van der Waals surface area contributed by atoms with E-state index >= 15 is 0 Å². The first-order valence-corrected chi connectivity index (χ1v) is 12.1. The van der Waals surface area contributed by atoms with Crippen molar-refractivity contribution in [2.75, 3.05) is 16.8 Å². The van der Waals surface area contributed by atoms with Gasteiger partial charge in [0.2, 0.25) is 5.91 Å². The molecule has 0 bridgehead atoms. The zero-order valence-electron chi connectivity index (χ0n) is 18.2. The van der Waals surface area contributed by atoms with Gasteiger partial charge in [-0.2, -0.15) is 4.68 Å². The molecule has 0 saturated carbocycles. The van der Waals surface area contributed by atoms with Gasteiger partial charge in [0, 0.05) is 5.02 Å². The Kier molecular flexibility index (Phi) is 5.48. The predicted molar refractivity (Wildman–Crippen MR) is 137 cm³/mol. The van der Waals surface area contributed by atoms with Crippen molar-refractivity contribution in [3.05, 3.63) is 101 Å². The SMILES string of the molecule is O=C(CN1C(c2ccccc2)=CC(c2ccc(Cl)cc2)n2nnnc21)Nc1nc2ccccc2s1. The average Bonchev–Trinajstić information content (AvgIpc) is 3.52. The quantitative estimate of drug-likeness (QED) is 0.365. The average molecular weight is 500 g/mol. The molecular weight excluding hydrogens is 482 g/mol. The van der Waals surface area contributed by atoms with E-state index in [2.05, 4.69) is 31.9 Å². The van der Waals surface area contributed by atoms with E-state index in [0.29, 0.717) is 16.1 Å². The van der Waals surface area contributed by atoms with Gasteiger partial charge in [-0.1, -0.05) is 82.6 Å². The molecule has 3 aromatic carbocycles. The van der Waals surface area contributed by atoms with Crippen LogP contribution in [0, 0.1) is 0 Å². The summed E-state index contributed by atoms with van der Waals surface area (Å²) < 4.78 is 2.72. The molecule has 35 heavy (non-hydrogen) atoms. The predicted octanol–water partition coefficient (Wildman–Crippen LogP) is 5.03. The van der Waals surface area contributed by atoms with Gasteiger partial charge in [0.25, 0.3) is 5.95 Å². The molecule has 2 aromatic heterocycles. The van der Waals surface area contributed by atoms with Gasteiger partial charge in [0.1, 0.15) is 12.6 Å². The van der Waals surface area contributed by atoms with Crippen LogP contribution in [0.5, 0.6) is 0 Å². The number of thiazole rings is 1. The van der Waals surface area contributed by atoms with Gasteiger partial charge < -0.3 is 5.32 Å². The molecule has 1 amide bonds. The Morgan fingerprint density at radius 1 is 1.00 bits per heavy atom. The molecule has 1 atom stereocenters. The van der Waals surface area contributed by atoms with E-state index in [-0.39, 0.29) is 18.5 Å². The topological polar surface area (TPSA) is 88.8 Å². The number of para-hydroxylation sites is 1. The maximum absolute atomic E-state index is 13.1. The number of rotatable bonds is 5. The molecule has 8 nitrogen and oxygen atoms in total. The van der Waals surface area contributed by atoms with Crippen LogP contribution >= 0.6 is 22.9 Å². The van der Waals surface area contributed by atoms with Gasteiger partial charge in [0.15, 0.2) is 5.13 Å². The van der Waals surface area contributed by atoms with Crippen molar-refractivity contribution in [1.82, 2.24) is 25.2 Å². The zero-order valence-corrected chi connectivity index (χ0v) is 19.8. The Morgan fingerprint density at radius 3 is 2.57 bits per heavy atom. The molecule has 1 N–H and O–H groups in total. The fourth-order valence-corrected chi connectivity index (χ4v) is 5.11. The summed E-state index contributed by atoms with van der Waals surface area (Å²) in [6.07, 6.45) is 2.06. The second kappa shape index (κ2) is 8.94.